The van der Waals surface area contributed by atoms with Gasteiger partial charge in [-0.05, 0) is 60.2 Å². The van der Waals surface area contributed by atoms with Crippen LogP contribution in [0.1, 0.15) is 5.56 Å². The molecule has 4 rings (SSSR count). The third-order valence-corrected chi connectivity index (χ3v) is 6.38. The van der Waals surface area contributed by atoms with Crippen LogP contribution in [0, 0.1) is 5.82 Å². The molecule has 1 heterocycles. The Morgan fingerprint density at radius 3 is 2.32 bits per heavy atom. The van der Waals surface area contributed by atoms with Crippen molar-refractivity contribution in [3.05, 3.63) is 90.4 Å². The van der Waals surface area contributed by atoms with E-state index in [0.29, 0.717) is 6.42 Å². The lowest BCUT2D eigenvalue weighted by atomic mass is 10.1. The van der Waals surface area contributed by atoms with Crippen LogP contribution in [0.4, 0.5) is 10.1 Å². The number of anilines is 1. The minimum atomic E-state index is -3.82. The standard InChI is InChI=1S/C23H21FN2O4S/c24-17-5-7-18(8-6-17)25-31(29,30)21-11-9-19(10-12-21)26-14-16(13-20(28)15-27)22-3-1-2-4-23(22)26/h1-12,14,20,25,27-28H,13,15H2. The van der Waals surface area contributed by atoms with Gasteiger partial charge in [-0.1, -0.05) is 18.2 Å². The maximum atomic E-state index is 13.0. The van der Waals surface area contributed by atoms with Gasteiger partial charge in [-0.3, -0.25) is 4.72 Å². The summed E-state index contributed by atoms with van der Waals surface area (Å²) in [6.45, 7) is -0.326. The van der Waals surface area contributed by atoms with Gasteiger partial charge in [0, 0.05) is 29.4 Å². The maximum absolute atomic E-state index is 13.0. The van der Waals surface area contributed by atoms with E-state index in [1.807, 2.05) is 35.0 Å². The van der Waals surface area contributed by atoms with Crippen molar-refractivity contribution in [1.29, 1.82) is 0 Å². The zero-order valence-electron chi connectivity index (χ0n) is 16.4. The molecule has 6 nitrogen and oxygen atoms in total. The molecule has 8 heteroatoms. The SMILES string of the molecule is O=S(=O)(Nc1ccc(F)cc1)c1ccc(-n2cc(CC(O)CO)c3ccccc32)cc1. The molecule has 0 amide bonds. The van der Waals surface area contributed by atoms with Crippen LogP contribution >= 0.6 is 0 Å². The first-order chi connectivity index (χ1) is 14.9. The third-order valence-electron chi connectivity index (χ3n) is 4.98. The van der Waals surface area contributed by atoms with Crippen molar-refractivity contribution in [2.24, 2.45) is 0 Å². The molecular weight excluding hydrogens is 419 g/mol. The number of aliphatic hydroxyl groups excluding tert-OH is 2. The normalized spacial score (nSPS) is 12.7. The Morgan fingerprint density at radius 1 is 0.968 bits per heavy atom. The number of hydrogen-bond donors (Lipinski definition) is 3. The Hall–Kier alpha value is -3.20. The van der Waals surface area contributed by atoms with Crippen LogP contribution in [-0.2, 0) is 16.4 Å². The number of para-hydroxylation sites is 1. The van der Waals surface area contributed by atoms with Crippen molar-refractivity contribution < 1.29 is 23.0 Å². The predicted molar refractivity (Wildman–Crippen MR) is 117 cm³/mol. The van der Waals surface area contributed by atoms with Gasteiger partial charge in [0.1, 0.15) is 5.82 Å². The first-order valence-corrected chi connectivity index (χ1v) is 11.1. The lowest BCUT2D eigenvalue weighted by molar-refractivity contribution is 0.0957. The molecule has 0 aliphatic carbocycles. The van der Waals surface area contributed by atoms with Crippen molar-refractivity contribution in [2.75, 3.05) is 11.3 Å². The molecule has 0 saturated carbocycles. The molecule has 0 spiro atoms. The summed E-state index contributed by atoms with van der Waals surface area (Å²) in [4.78, 5) is 0.0768. The molecule has 3 N–H and O–H groups in total. The smallest absolute Gasteiger partial charge is 0.261 e. The van der Waals surface area contributed by atoms with Gasteiger partial charge in [0.2, 0.25) is 0 Å². The van der Waals surface area contributed by atoms with E-state index in [0.717, 1.165) is 22.2 Å². The Morgan fingerprint density at radius 2 is 1.65 bits per heavy atom. The van der Waals surface area contributed by atoms with Crippen LogP contribution in [0.15, 0.2) is 83.9 Å². The van der Waals surface area contributed by atoms with E-state index in [9.17, 15) is 23.0 Å². The number of halogens is 1. The van der Waals surface area contributed by atoms with E-state index < -0.39 is 21.9 Å². The first-order valence-electron chi connectivity index (χ1n) is 9.64. The Kier molecular flexibility index (Phi) is 5.77. The molecular formula is C23H21FN2O4S. The summed E-state index contributed by atoms with van der Waals surface area (Å²) in [5.41, 5.74) is 2.81. The minimum Gasteiger partial charge on any atom is -0.394 e. The fraction of sp³-hybridized carbons (Fsp3) is 0.130. The number of benzene rings is 3. The molecule has 1 unspecified atom stereocenters. The Balaban J connectivity index is 1.65. The van der Waals surface area contributed by atoms with Crippen LogP contribution in [0.3, 0.4) is 0 Å². The lowest BCUT2D eigenvalue weighted by Crippen LogP contribution is -2.14. The van der Waals surface area contributed by atoms with E-state index in [1.54, 1.807) is 12.1 Å². The van der Waals surface area contributed by atoms with Crippen LogP contribution in [0.2, 0.25) is 0 Å². The topological polar surface area (TPSA) is 91.6 Å². The van der Waals surface area contributed by atoms with Crippen molar-refractivity contribution in [2.45, 2.75) is 17.4 Å². The number of nitrogens with zero attached hydrogens (tertiary/aromatic N) is 1. The molecule has 1 aromatic heterocycles. The van der Waals surface area contributed by atoms with Gasteiger partial charge >= 0.3 is 0 Å². The molecule has 0 saturated heterocycles. The third kappa shape index (κ3) is 4.46. The van der Waals surface area contributed by atoms with Crippen molar-refractivity contribution in [1.82, 2.24) is 4.57 Å². The molecule has 1 atom stereocenters. The van der Waals surface area contributed by atoms with E-state index in [2.05, 4.69) is 4.72 Å². The fourth-order valence-electron chi connectivity index (χ4n) is 3.46. The Labute approximate surface area is 179 Å². The number of nitrogens with one attached hydrogen (secondary N) is 1. The molecule has 0 bridgehead atoms. The van der Waals surface area contributed by atoms with Gasteiger partial charge in [0.25, 0.3) is 10.0 Å². The highest BCUT2D eigenvalue weighted by atomic mass is 32.2. The highest BCUT2D eigenvalue weighted by molar-refractivity contribution is 7.92. The average Bonchev–Trinajstić information content (AvgIpc) is 3.13. The number of aliphatic hydroxyl groups is 2. The van der Waals surface area contributed by atoms with Gasteiger partial charge < -0.3 is 14.8 Å². The largest absolute Gasteiger partial charge is 0.394 e. The molecule has 0 aliphatic rings. The van der Waals surface area contributed by atoms with Crippen LogP contribution in [-0.4, -0.2) is 35.9 Å². The average molecular weight is 440 g/mol. The summed E-state index contributed by atoms with van der Waals surface area (Å²) in [6.07, 6.45) is 1.33. The Bertz CT molecular complexity index is 1300. The van der Waals surface area contributed by atoms with E-state index in [4.69, 9.17) is 0 Å². The highest BCUT2D eigenvalue weighted by Gasteiger charge is 2.16. The molecule has 0 fully saturated rings. The number of rotatable bonds is 7. The zero-order chi connectivity index (χ0) is 22.0. The summed E-state index contributed by atoms with van der Waals surface area (Å²) >= 11 is 0. The van der Waals surface area contributed by atoms with Gasteiger partial charge in [-0.15, -0.1) is 0 Å². The van der Waals surface area contributed by atoms with E-state index in [-0.39, 0.29) is 17.2 Å². The second-order valence-electron chi connectivity index (χ2n) is 7.19. The molecule has 4 aromatic rings. The first kappa shape index (κ1) is 21.0. The summed E-state index contributed by atoms with van der Waals surface area (Å²) in [7, 11) is -3.82. The number of fused-ring (bicyclic) bond motifs is 1. The maximum Gasteiger partial charge on any atom is 0.261 e. The minimum absolute atomic E-state index is 0.0768. The molecule has 0 radical (unpaired) electrons. The molecule has 0 aliphatic heterocycles. The molecule has 160 valence electrons. The quantitative estimate of drug-likeness (QED) is 0.410. The van der Waals surface area contributed by atoms with Gasteiger partial charge in [-0.25, -0.2) is 12.8 Å². The van der Waals surface area contributed by atoms with Crippen LogP contribution in [0.5, 0.6) is 0 Å². The number of hydrogen-bond acceptors (Lipinski definition) is 4. The second kappa shape index (κ2) is 8.50. The molecule has 31 heavy (non-hydrogen) atoms. The van der Waals surface area contributed by atoms with Gasteiger partial charge in [0.05, 0.1) is 23.1 Å². The van der Waals surface area contributed by atoms with Crippen LogP contribution < -0.4 is 4.72 Å². The van der Waals surface area contributed by atoms with Gasteiger partial charge in [-0.2, -0.15) is 0 Å². The number of sulfonamides is 1. The van der Waals surface area contributed by atoms with Crippen molar-refractivity contribution >= 4 is 26.6 Å². The summed E-state index contributed by atoms with van der Waals surface area (Å²) in [6, 6.07) is 19.1. The summed E-state index contributed by atoms with van der Waals surface area (Å²) in [5.74, 6) is -0.447. The lowest BCUT2D eigenvalue weighted by Gasteiger charge is -2.10. The van der Waals surface area contributed by atoms with Crippen molar-refractivity contribution in [3.63, 3.8) is 0 Å². The number of aromatic nitrogens is 1. The fourth-order valence-corrected chi connectivity index (χ4v) is 4.52. The van der Waals surface area contributed by atoms with Gasteiger partial charge in [0.15, 0.2) is 0 Å². The second-order valence-corrected chi connectivity index (χ2v) is 8.87. The molecule has 3 aromatic carbocycles. The summed E-state index contributed by atoms with van der Waals surface area (Å²) in [5, 5.41) is 20.0. The monoisotopic (exact) mass is 440 g/mol. The van der Waals surface area contributed by atoms with E-state index in [1.165, 1.54) is 36.4 Å². The van der Waals surface area contributed by atoms with Crippen LogP contribution in [0.25, 0.3) is 16.6 Å². The van der Waals surface area contributed by atoms with Crippen molar-refractivity contribution in [3.8, 4) is 5.69 Å². The summed E-state index contributed by atoms with van der Waals surface area (Å²) < 4.78 is 42.7. The predicted octanol–water partition coefficient (Wildman–Crippen LogP) is 3.47. The zero-order valence-corrected chi connectivity index (χ0v) is 17.3. The highest BCUT2D eigenvalue weighted by Crippen LogP contribution is 2.27. The van der Waals surface area contributed by atoms with E-state index >= 15 is 0 Å².